The number of aryl methyl sites for hydroxylation is 1. The Morgan fingerprint density at radius 3 is 2.20 bits per heavy atom. The SMILES string of the molecule is Cc1ccccc1N1C(=O)CN(S(=O)(=O)c2ccccc2)CC1(C)C(=O)NC1CCCCCCC1. The second-order valence-electron chi connectivity index (χ2n) is 9.89. The van der Waals surface area contributed by atoms with Crippen LogP contribution in [0.25, 0.3) is 0 Å². The smallest absolute Gasteiger partial charge is 0.247 e. The van der Waals surface area contributed by atoms with Gasteiger partial charge >= 0.3 is 0 Å². The molecule has 2 amide bonds. The van der Waals surface area contributed by atoms with E-state index >= 15 is 0 Å². The number of carbonyl (C=O) groups is 2. The topological polar surface area (TPSA) is 86.8 Å². The van der Waals surface area contributed by atoms with Crippen LogP contribution in [0.2, 0.25) is 0 Å². The minimum absolute atomic E-state index is 0.0227. The van der Waals surface area contributed by atoms with Crippen LogP contribution in [0, 0.1) is 6.92 Å². The molecule has 0 radical (unpaired) electrons. The van der Waals surface area contributed by atoms with E-state index in [-0.39, 0.29) is 29.9 Å². The van der Waals surface area contributed by atoms with E-state index < -0.39 is 21.5 Å². The lowest BCUT2D eigenvalue weighted by Crippen LogP contribution is -2.70. The van der Waals surface area contributed by atoms with Crippen LogP contribution < -0.4 is 10.2 Å². The zero-order valence-corrected chi connectivity index (χ0v) is 21.4. The molecular weight excluding hydrogens is 462 g/mol. The van der Waals surface area contributed by atoms with Gasteiger partial charge in [-0.2, -0.15) is 4.31 Å². The summed E-state index contributed by atoms with van der Waals surface area (Å²) in [4.78, 5) is 29.1. The van der Waals surface area contributed by atoms with Crippen LogP contribution in [0.3, 0.4) is 0 Å². The van der Waals surface area contributed by atoms with Gasteiger partial charge in [0, 0.05) is 18.3 Å². The van der Waals surface area contributed by atoms with E-state index in [0.29, 0.717) is 5.69 Å². The molecule has 0 spiro atoms. The molecule has 1 heterocycles. The van der Waals surface area contributed by atoms with Crippen LogP contribution in [0.4, 0.5) is 5.69 Å². The maximum atomic E-state index is 13.9. The molecule has 2 aromatic rings. The summed E-state index contributed by atoms with van der Waals surface area (Å²) in [5.74, 6) is -0.729. The number of benzene rings is 2. The Kier molecular flexibility index (Phi) is 7.62. The van der Waals surface area contributed by atoms with Crippen molar-refractivity contribution in [2.45, 2.75) is 75.3 Å². The molecule has 0 aromatic heterocycles. The van der Waals surface area contributed by atoms with E-state index in [2.05, 4.69) is 5.32 Å². The number of piperazine rings is 1. The van der Waals surface area contributed by atoms with Gasteiger partial charge in [0.25, 0.3) is 0 Å². The highest BCUT2D eigenvalue weighted by atomic mass is 32.2. The first kappa shape index (κ1) is 25.4. The molecule has 8 heteroatoms. The highest BCUT2D eigenvalue weighted by molar-refractivity contribution is 7.89. The molecule has 35 heavy (non-hydrogen) atoms. The van der Waals surface area contributed by atoms with Gasteiger partial charge in [-0.25, -0.2) is 8.42 Å². The van der Waals surface area contributed by atoms with Gasteiger partial charge in [0.15, 0.2) is 0 Å². The molecule has 1 aliphatic heterocycles. The van der Waals surface area contributed by atoms with E-state index in [1.54, 1.807) is 25.1 Å². The molecule has 2 fully saturated rings. The predicted molar refractivity (Wildman–Crippen MR) is 137 cm³/mol. The van der Waals surface area contributed by atoms with Crippen molar-refractivity contribution >= 4 is 27.5 Å². The van der Waals surface area contributed by atoms with Crippen LogP contribution in [0.5, 0.6) is 0 Å². The second-order valence-corrected chi connectivity index (χ2v) is 11.8. The average molecular weight is 498 g/mol. The number of para-hydroxylation sites is 1. The van der Waals surface area contributed by atoms with E-state index in [1.807, 2.05) is 31.2 Å². The molecule has 1 saturated heterocycles. The van der Waals surface area contributed by atoms with Crippen LogP contribution in [-0.4, -0.2) is 49.2 Å². The number of rotatable bonds is 5. The van der Waals surface area contributed by atoms with Crippen molar-refractivity contribution < 1.29 is 18.0 Å². The van der Waals surface area contributed by atoms with Crippen LogP contribution in [-0.2, 0) is 19.6 Å². The van der Waals surface area contributed by atoms with Gasteiger partial charge in [0.2, 0.25) is 21.8 Å². The summed E-state index contributed by atoms with van der Waals surface area (Å²) in [5, 5.41) is 3.19. The lowest BCUT2D eigenvalue weighted by atomic mass is 9.91. The Morgan fingerprint density at radius 1 is 0.943 bits per heavy atom. The largest absolute Gasteiger partial charge is 0.351 e. The Hall–Kier alpha value is -2.71. The minimum atomic E-state index is -3.95. The number of nitrogens with one attached hydrogen (secondary N) is 1. The average Bonchev–Trinajstić information content (AvgIpc) is 2.82. The van der Waals surface area contributed by atoms with Crippen molar-refractivity contribution in [2.24, 2.45) is 0 Å². The molecule has 1 unspecified atom stereocenters. The van der Waals surface area contributed by atoms with E-state index in [9.17, 15) is 18.0 Å². The van der Waals surface area contributed by atoms with Gasteiger partial charge in [-0.15, -0.1) is 0 Å². The second kappa shape index (κ2) is 10.5. The molecule has 1 N–H and O–H groups in total. The number of nitrogens with zero attached hydrogens (tertiary/aromatic N) is 2. The predicted octanol–water partition coefficient (Wildman–Crippen LogP) is 4.02. The van der Waals surface area contributed by atoms with Crippen molar-refractivity contribution in [2.75, 3.05) is 18.0 Å². The summed E-state index contributed by atoms with van der Waals surface area (Å²) in [5.41, 5.74) is 0.0841. The Bertz CT molecular complexity index is 1160. The lowest BCUT2D eigenvalue weighted by Gasteiger charge is -2.47. The van der Waals surface area contributed by atoms with Crippen LogP contribution >= 0.6 is 0 Å². The summed E-state index contributed by atoms with van der Waals surface area (Å²) in [6, 6.07) is 15.5. The van der Waals surface area contributed by atoms with Crippen LogP contribution in [0.1, 0.15) is 57.4 Å². The zero-order chi connectivity index (χ0) is 25.1. The summed E-state index contributed by atoms with van der Waals surface area (Å²) in [6.07, 6.45) is 7.42. The number of amides is 2. The standard InChI is InChI=1S/C27H35N3O4S/c1-21-13-11-12-18-24(21)30-25(31)19-29(35(33,34)23-16-9-6-10-17-23)20-27(30,2)26(32)28-22-14-7-4-3-5-8-15-22/h6,9-13,16-18,22H,3-5,7-8,14-15,19-20H2,1-2H3,(H,28,32). The monoisotopic (exact) mass is 497 g/mol. The third-order valence-corrected chi connectivity index (χ3v) is 9.01. The maximum absolute atomic E-state index is 13.9. The van der Waals surface area contributed by atoms with Gasteiger partial charge in [0.1, 0.15) is 5.54 Å². The fourth-order valence-corrected chi connectivity index (χ4v) is 6.71. The first-order chi connectivity index (χ1) is 16.7. The summed E-state index contributed by atoms with van der Waals surface area (Å²) < 4.78 is 28.1. The molecule has 2 aliphatic rings. The Balaban J connectivity index is 1.70. The van der Waals surface area contributed by atoms with Gasteiger partial charge in [-0.3, -0.25) is 14.5 Å². The molecule has 188 valence electrons. The number of hydrogen-bond acceptors (Lipinski definition) is 4. The molecule has 1 saturated carbocycles. The van der Waals surface area contributed by atoms with E-state index in [4.69, 9.17) is 0 Å². The summed E-state index contributed by atoms with van der Waals surface area (Å²) >= 11 is 0. The number of sulfonamides is 1. The van der Waals surface area contributed by atoms with Crippen molar-refractivity contribution in [3.8, 4) is 0 Å². The van der Waals surface area contributed by atoms with Gasteiger partial charge in [-0.1, -0.05) is 68.5 Å². The number of anilines is 1. The maximum Gasteiger partial charge on any atom is 0.247 e. The van der Waals surface area contributed by atoms with Crippen molar-refractivity contribution in [1.82, 2.24) is 9.62 Å². The molecule has 1 atom stereocenters. The van der Waals surface area contributed by atoms with E-state index in [1.165, 1.54) is 23.5 Å². The van der Waals surface area contributed by atoms with Crippen molar-refractivity contribution in [3.63, 3.8) is 0 Å². The summed E-state index contributed by atoms with van der Waals surface area (Å²) in [7, 11) is -3.95. The minimum Gasteiger partial charge on any atom is -0.351 e. The molecule has 2 aromatic carbocycles. The molecule has 1 aliphatic carbocycles. The summed E-state index contributed by atoms with van der Waals surface area (Å²) in [6.45, 7) is 3.13. The molecular formula is C27H35N3O4S. The van der Waals surface area contributed by atoms with Gasteiger partial charge in [-0.05, 0) is 50.5 Å². The zero-order valence-electron chi connectivity index (χ0n) is 20.6. The van der Waals surface area contributed by atoms with Crippen molar-refractivity contribution in [1.29, 1.82) is 0 Å². The fourth-order valence-electron chi connectivity index (χ4n) is 5.21. The molecule has 4 rings (SSSR count). The third kappa shape index (κ3) is 5.28. The normalized spacial score (nSPS) is 22.9. The quantitative estimate of drug-likeness (QED) is 0.676. The highest BCUT2D eigenvalue weighted by Gasteiger charge is 2.51. The van der Waals surface area contributed by atoms with Gasteiger partial charge < -0.3 is 5.32 Å². The van der Waals surface area contributed by atoms with Gasteiger partial charge in [0.05, 0.1) is 11.4 Å². The highest BCUT2D eigenvalue weighted by Crippen LogP contribution is 2.34. The van der Waals surface area contributed by atoms with Crippen LogP contribution in [0.15, 0.2) is 59.5 Å². The number of hydrogen-bond donors (Lipinski definition) is 1. The third-order valence-electron chi connectivity index (χ3n) is 7.21. The Labute approximate surface area is 208 Å². The molecule has 0 bridgehead atoms. The molecule has 7 nitrogen and oxygen atoms in total. The Morgan fingerprint density at radius 2 is 1.54 bits per heavy atom. The number of carbonyl (C=O) groups excluding carboxylic acids is 2. The van der Waals surface area contributed by atoms with E-state index in [0.717, 1.165) is 48.4 Å². The van der Waals surface area contributed by atoms with Crippen molar-refractivity contribution in [3.05, 3.63) is 60.2 Å². The first-order valence-corrected chi connectivity index (χ1v) is 13.9. The lowest BCUT2D eigenvalue weighted by molar-refractivity contribution is -0.133. The first-order valence-electron chi connectivity index (χ1n) is 12.5. The fraction of sp³-hybridized carbons (Fsp3) is 0.481.